The SMILES string of the molecule is COc1ccc(N(C)C(=O)Oc2cccc3c2CCN3)cc1.Cl. The van der Waals surface area contributed by atoms with Crippen molar-refractivity contribution in [2.45, 2.75) is 6.42 Å². The van der Waals surface area contributed by atoms with Crippen molar-refractivity contribution in [3.05, 3.63) is 48.0 Å². The molecule has 2 aromatic carbocycles. The van der Waals surface area contributed by atoms with Gasteiger partial charge >= 0.3 is 6.09 Å². The predicted molar refractivity (Wildman–Crippen MR) is 93.3 cm³/mol. The quantitative estimate of drug-likeness (QED) is 0.929. The molecule has 1 amide bonds. The maximum absolute atomic E-state index is 12.3. The van der Waals surface area contributed by atoms with E-state index in [1.807, 2.05) is 42.5 Å². The second-order valence-electron chi connectivity index (χ2n) is 5.08. The third kappa shape index (κ3) is 3.51. The van der Waals surface area contributed by atoms with Gasteiger partial charge in [0.05, 0.1) is 7.11 Å². The monoisotopic (exact) mass is 334 g/mol. The fourth-order valence-electron chi connectivity index (χ4n) is 2.48. The standard InChI is InChI=1S/C17H18N2O3.ClH/c1-19(12-6-8-13(21-2)9-7-12)17(20)22-16-5-3-4-15-14(16)10-11-18-15;/h3-9,18H,10-11H2,1-2H3;1H. The zero-order chi connectivity index (χ0) is 15.5. The number of carbonyl (C=O) groups excluding carboxylic acids is 1. The van der Waals surface area contributed by atoms with Crippen molar-refractivity contribution in [3.63, 3.8) is 0 Å². The van der Waals surface area contributed by atoms with Gasteiger partial charge in [0.25, 0.3) is 0 Å². The van der Waals surface area contributed by atoms with Crippen LogP contribution in [0.4, 0.5) is 16.2 Å². The number of amides is 1. The molecule has 1 aliphatic rings. The molecule has 1 heterocycles. The normalized spacial score (nSPS) is 11.7. The summed E-state index contributed by atoms with van der Waals surface area (Å²) >= 11 is 0. The topological polar surface area (TPSA) is 50.8 Å². The zero-order valence-corrected chi connectivity index (χ0v) is 13.9. The van der Waals surface area contributed by atoms with Crippen LogP contribution < -0.4 is 19.7 Å². The second-order valence-corrected chi connectivity index (χ2v) is 5.08. The number of nitrogens with one attached hydrogen (secondary N) is 1. The van der Waals surface area contributed by atoms with Gasteiger partial charge in [0.2, 0.25) is 0 Å². The van der Waals surface area contributed by atoms with Crippen LogP contribution in [0.2, 0.25) is 0 Å². The minimum atomic E-state index is -0.412. The van der Waals surface area contributed by atoms with E-state index in [1.54, 1.807) is 14.2 Å². The number of hydrogen-bond acceptors (Lipinski definition) is 4. The van der Waals surface area contributed by atoms with Crippen LogP contribution in [-0.2, 0) is 6.42 Å². The van der Waals surface area contributed by atoms with Crippen LogP contribution in [-0.4, -0.2) is 26.8 Å². The number of methoxy groups -OCH3 is 1. The highest BCUT2D eigenvalue weighted by Crippen LogP contribution is 2.31. The fraction of sp³-hybridized carbons (Fsp3) is 0.235. The Bertz CT molecular complexity index is 689. The van der Waals surface area contributed by atoms with Crippen LogP contribution in [0.3, 0.4) is 0 Å². The summed E-state index contributed by atoms with van der Waals surface area (Å²) in [5, 5.41) is 3.27. The molecule has 3 rings (SSSR count). The van der Waals surface area contributed by atoms with Gasteiger partial charge in [0.15, 0.2) is 0 Å². The Morgan fingerprint density at radius 1 is 1.17 bits per heavy atom. The highest BCUT2D eigenvalue weighted by atomic mass is 35.5. The van der Waals surface area contributed by atoms with Crippen LogP contribution in [0.25, 0.3) is 0 Å². The van der Waals surface area contributed by atoms with Crippen LogP contribution in [0.1, 0.15) is 5.56 Å². The van der Waals surface area contributed by atoms with E-state index in [9.17, 15) is 4.79 Å². The Hall–Kier alpha value is -2.40. The highest BCUT2D eigenvalue weighted by Gasteiger charge is 2.19. The molecule has 1 N–H and O–H groups in total. The molecule has 0 unspecified atom stereocenters. The Labute approximate surface area is 141 Å². The molecule has 6 heteroatoms. The van der Waals surface area contributed by atoms with Crippen LogP contribution in [0.5, 0.6) is 11.5 Å². The first kappa shape index (κ1) is 17.0. The first-order valence-corrected chi connectivity index (χ1v) is 7.14. The summed E-state index contributed by atoms with van der Waals surface area (Å²) in [5.74, 6) is 1.37. The van der Waals surface area contributed by atoms with Gasteiger partial charge in [-0.25, -0.2) is 4.79 Å². The molecule has 0 aromatic heterocycles. The Kier molecular flexibility index (Phi) is 5.34. The van der Waals surface area contributed by atoms with Crippen molar-refractivity contribution in [1.29, 1.82) is 0 Å². The minimum absolute atomic E-state index is 0. The first-order chi connectivity index (χ1) is 10.7. The van der Waals surface area contributed by atoms with Crippen molar-refractivity contribution in [3.8, 4) is 11.5 Å². The zero-order valence-electron chi connectivity index (χ0n) is 13.0. The van der Waals surface area contributed by atoms with Crippen molar-refractivity contribution in [2.75, 3.05) is 30.9 Å². The number of anilines is 2. The van der Waals surface area contributed by atoms with E-state index in [0.717, 1.165) is 35.7 Å². The number of rotatable bonds is 3. The van der Waals surface area contributed by atoms with Crippen molar-refractivity contribution in [1.82, 2.24) is 0 Å². The van der Waals surface area contributed by atoms with Crippen molar-refractivity contribution >= 4 is 29.9 Å². The highest BCUT2D eigenvalue weighted by molar-refractivity contribution is 5.89. The summed E-state index contributed by atoms with van der Waals surface area (Å²) in [6, 6.07) is 13.0. The Balaban J connectivity index is 0.00000192. The lowest BCUT2D eigenvalue weighted by atomic mass is 10.1. The average Bonchev–Trinajstić information content (AvgIpc) is 3.04. The third-order valence-corrected chi connectivity index (χ3v) is 3.75. The molecule has 0 aliphatic carbocycles. The van der Waals surface area contributed by atoms with Crippen molar-refractivity contribution in [2.24, 2.45) is 0 Å². The summed E-state index contributed by atoms with van der Waals surface area (Å²) in [6.45, 7) is 0.873. The summed E-state index contributed by atoms with van der Waals surface area (Å²) in [4.78, 5) is 13.8. The molecule has 122 valence electrons. The predicted octanol–water partition coefficient (Wildman–Crippen LogP) is 3.72. The van der Waals surface area contributed by atoms with Crippen LogP contribution in [0.15, 0.2) is 42.5 Å². The van der Waals surface area contributed by atoms with Gasteiger partial charge < -0.3 is 14.8 Å². The maximum Gasteiger partial charge on any atom is 0.419 e. The molecule has 1 aliphatic heterocycles. The van der Waals surface area contributed by atoms with E-state index >= 15 is 0 Å². The fourth-order valence-corrected chi connectivity index (χ4v) is 2.48. The molecule has 0 spiro atoms. The summed E-state index contributed by atoms with van der Waals surface area (Å²) in [6.07, 6.45) is 0.455. The molecule has 0 fully saturated rings. The number of hydrogen-bond donors (Lipinski definition) is 1. The minimum Gasteiger partial charge on any atom is -0.497 e. The van der Waals surface area contributed by atoms with Crippen LogP contribution >= 0.6 is 12.4 Å². The van der Waals surface area contributed by atoms with E-state index in [2.05, 4.69) is 5.32 Å². The smallest absolute Gasteiger partial charge is 0.419 e. The second kappa shape index (κ2) is 7.24. The number of benzene rings is 2. The van der Waals surface area contributed by atoms with Gasteiger partial charge in [0.1, 0.15) is 11.5 Å². The molecule has 5 nitrogen and oxygen atoms in total. The number of carbonyl (C=O) groups is 1. The number of fused-ring (bicyclic) bond motifs is 1. The largest absolute Gasteiger partial charge is 0.497 e. The molecule has 0 atom stereocenters. The van der Waals surface area contributed by atoms with Gasteiger partial charge in [0, 0.05) is 30.5 Å². The van der Waals surface area contributed by atoms with Gasteiger partial charge in [-0.3, -0.25) is 4.90 Å². The Morgan fingerprint density at radius 3 is 2.61 bits per heavy atom. The lowest BCUT2D eigenvalue weighted by Gasteiger charge is -2.18. The van der Waals surface area contributed by atoms with E-state index in [4.69, 9.17) is 9.47 Å². The molecule has 0 bridgehead atoms. The number of halogens is 1. The third-order valence-electron chi connectivity index (χ3n) is 3.75. The molecule has 2 aromatic rings. The summed E-state index contributed by atoms with van der Waals surface area (Å²) in [7, 11) is 3.29. The number of ether oxygens (including phenoxy) is 2. The van der Waals surface area contributed by atoms with E-state index < -0.39 is 6.09 Å². The summed E-state index contributed by atoms with van der Waals surface area (Å²) in [5.41, 5.74) is 2.84. The van der Waals surface area contributed by atoms with E-state index in [1.165, 1.54) is 4.90 Å². The van der Waals surface area contributed by atoms with Gasteiger partial charge in [-0.15, -0.1) is 12.4 Å². The van der Waals surface area contributed by atoms with Gasteiger partial charge in [-0.2, -0.15) is 0 Å². The van der Waals surface area contributed by atoms with Crippen molar-refractivity contribution < 1.29 is 14.3 Å². The van der Waals surface area contributed by atoms with Gasteiger partial charge in [-0.1, -0.05) is 6.07 Å². The van der Waals surface area contributed by atoms with Crippen LogP contribution in [0, 0.1) is 0 Å². The molecule has 0 radical (unpaired) electrons. The Morgan fingerprint density at radius 2 is 1.91 bits per heavy atom. The molecular weight excluding hydrogens is 316 g/mol. The number of nitrogens with zero attached hydrogens (tertiary/aromatic N) is 1. The molecular formula is C17H19ClN2O3. The van der Waals surface area contributed by atoms with Gasteiger partial charge in [-0.05, 0) is 42.8 Å². The summed E-state index contributed by atoms with van der Waals surface area (Å²) < 4.78 is 10.7. The maximum atomic E-state index is 12.3. The van der Waals surface area contributed by atoms with E-state index in [-0.39, 0.29) is 12.4 Å². The lowest BCUT2D eigenvalue weighted by Crippen LogP contribution is -2.29. The average molecular weight is 335 g/mol. The molecule has 0 saturated heterocycles. The molecule has 23 heavy (non-hydrogen) atoms. The lowest BCUT2D eigenvalue weighted by molar-refractivity contribution is 0.208. The van der Waals surface area contributed by atoms with E-state index in [0.29, 0.717) is 5.75 Å². The molecule has 0 saturated carbocycles. The first-order valence-electron chi connectivity index (χ1n) is 7.14.